The molecular weight excluding hydrogens is 474 g/mol. The molecule has 2 rings (SSSR count). The second-order valence-electron chi connectivity index (χ2n) is 9.21. The minimum atomic E-state index is -0.541. The molecule has 0 saturated carbocycles. The van der Waals surface area contributed by atoms with Crippen molar-refractivity contribution in [3.05, 3.63) is 65.2 Å². The van der Waals surface area contributed by atoms with Crippen molar-refractivity contribution in [1.29, 1.82) is 0 Å². The smallest absolute Gasteiger partial charge is 0.407 e. The summed E-state index contributed by atoms with van der Waals surface area (Å²) < 4.78 is 10.4. The van der Waals surface area contributed by atoms with E-state index in [2.05, 4.69) is 34.6 Å². The van der Waals surface area contributed by atoms with E-state index >= 15 is 0 Å². The highest BCUT2D eigenvalue weighted by molar-refractivity contribution is 5.67. The van der Waals surface area contributed by atoms with E-state index in [-0.39, 0.29) is 18.1 Å². The number of allylic oxidation sites excluding steroid dienone is 1. The summed E-state index contributed by atoms with van der Waals surface area (Å²) in [6.45, 7) is 6.46. The maximum Gasteiger partial charge on any atom is 0.407 e. The number of rotatable bonds is 12. The maximum atomic E-state index is 12.0. The van der Waals surface area contributed by atoms with Crippen LogP contribution in [0.5, 0.6) is 11.5 Å². The Hall–Kier alpha value is -4.01. The molecule has 202 valence electrons. The predicted octanol–water partition coefficient (Wildman–Crippen LogP) is 4.24. The van der Waals surface area contributed by atoms with Crippen LogP contribution in [0.4, 0.5) is 4.79 Å². The van der Waals surface area contributed by atoms with Gasteiger partial charge in [-0.2, -0.15) is 0 Å². The van der Waals surface area contributed by atoms with Crippen LogP contribution in [0, 0.1) is 0 Å². The van der Waals surface area contributed by atoms with Gasteiger partial charge in [0.1, 0.15) is 5.60 Å². The molecule has 1 unspecified atom stereocenters. The van der Waals surface area contributed by atoms with Crippen LogP contribution >= 0.6 is 0 Å². The zero-order valence-corrected chi connectivity index (χ0v) is 22.0. The molecule has 37 heavy (non-hydrogen) atoms. The molecule has 0 aromatic heterocycles. The van der Waals surface area contributed by atoms with Crippen molar-refractivity contribution in [3.8, 4) is 11.5 Å². The first-order valence-corrected chi connectivity index (χ1v) is 12.0. The summed E-state index contributed by atoms with van der Waals surface area (Å²) in [7, 11) is 1.52. The van der Waals surface area contributed by atoms with E-state index in [1.807, 2.05) is 45.0 Å². The Balaban J connectivity index is 0.00000217. The number of primary amides is 1. The van der Waals surface area contributed by atoms with Crippen molar-refractivity contribution in [2.24, 2.45) is 5.73 Å². The lowest BCUT2D eigenvalue weighted by Crippen LogP contribution is -2.32. The number of hydrogen-bond donors (Lipinski definition) is 4. The summed E-state index contributed by atoms with van der Waals surface area (Å²) in [5.74, 6) is 0.794. The highest BCUT2D eigenvalue weighted by Crippen LogP contribution is 2.28. The SMILES string of the molecule is COc1ccc(/C=C/CCC(CCNC=O)c2cccc(CNC(=O)OC(C)(C)C)c2)cc1O.NC=O. The van der Waals surface area contributed by atoms with Gasteiger partial charge in [-0.15, -0.1) is 0 Å². The van der Waals surface area contributed by atoms with Crippen molar-refractivity contribution in [1.82, 2.24) is 10.6 Å². The van der Waals surface area contributed by atoms with Gasteiger partial charge in [0.15, 0.2) is 11.5 Å². The predicted molar refractivity (Wildman–Crippen MR) is 144 cm³/mol. The third kappa shape index (κ3) is 13.0. The molecular formula is C28H39N3O6. The van der Waals surface area contributed by atoms with Gasteiger partial charge in [-0.1, -0.05) is 42.5 Å². The molecule has 1 atom stereocenters. The fraction of sp³-hybridized carbons (Fsp3) is 0.393. The van der Waals surface area contributed by atoms with Crippen LogP contribution in [-0.2, 0) is 20.9 Å². The number of nitrogens with one attached hydrogen (secondary N) is 2. The van der Waals surface area contributed by atoms with Gasteiger partial charge in [-0.05, 0) is 74.8 Å². The molecule has 2 aromatic rings. The van der Waals surface area contributed by atoms with Gasteiger partial charge in [0.25, 0.3) is 0 Å². The normalized spacial score (nSPS) is 11.6. The third-order valence-electron chi connectivity index (χ3n) is 5.17. The van der Waals surface area contributed by atoms with Crippen LogP contribution in [0.2, 0.25) is 0 Å². The third-order valence-corrected chi connectivity index (χ3v) is 5.17. The Morgan fingerprint density at radius 1 is 1.14 bits per heavy atom. The number of alkyl carbamates (subject to hydrolysis) is 1. The molecule has 0 saturated heterocycles. The number of carbonyl (C=O) groups excluding carboxylic acids is 3. The van der Waals surface area contributed by atoms with Crippen LogP contribution in [0.3, 0.4) is 0 Å². The maximum absolute atomic E-state index is 12.0. The summed E-state index contributed by atoms with van der Waals surface area (Å²) in [4.78, 5) is 31.3. The summed E-state index contributed by atoms with van der Waals surface area (Å²) in [5, 5.41) is 15.5. The first-order chi connectivity index (χ1) is 17.6. The van der Waals surface area contributed by atoms with E-state index in [9.17, 15) is 14.7 Å². The summed E-state index contributed by atoms with van der Waals surface area (Å²) in [6.07, 6.45) is 7.10. The Kier molecular flexibility index (Phi) is 13.9. The Morgan fingerprint density at radius 3 is 2.49 bits per heavy atom. The molecule has 0 bridgehead atoms. The van der Waals surface area contributed by atoms with Crippen molar-refractivity contribution < 1.29 is 29.0 Å². The molecule has 9 nitrogen and oxygen atoms in total. The first kappa shape index (κ1) is 31.0. The molecule has 0 fully saturated rings. The van der Waals surface area contributed by atoms with Gasteiger partial charge in [0, 0.05) is 13.1 Å². The molecule has 5 N–H and O–H groups in total. The topological polar surface area (TPSA) is 140 Å². The average Bonchev–Trinajstić information content (AvgIpc) is 2.84. The van der Waals surface area contributed by atoms with E-state index in [0.717, 1.165) is 36.0 Å². The van der Waals surface area contributed by atoms with Gasteiger partial charge in [0.2, 0.25) is 12.8 Å². The van der Waals surface area contributed by atoms with Crippen molar-refractivity contribution >= 4 is 25.0 Å². The van der Waals surface area contributed by atoms with Crippen molar-refractivity contribution in [3.63, 3.8) is 0 Å². The molecule has 3 amide bonds. The molecule has 0 radical (unpaired) electrons. The van der Waals surface area contributed by atoms with Crippen molar-refractivity contribution in [2.45, 2.75) is 58.1 Å². The number of nitrogens with two attached hydrogens (primary N) is 1. The summed E-state index contributed by atoms with van der Waals surface area (Å²) in [5.41, 5.74) is 6.67. The number of ether oxygens (including phenoxy) is 2. The highest BCUT2D eigenvalue weighted by atomic mass is 16.6. The number of hydrogen-bond acceptors (Lipinski definition) is 6. The largest absolute Gasteiger partial charge is 0.504 e. The minimum Gasteiger partial charge on any atom is -0.504 e. The number of aromatic hydroxyl groups is 1. The van der Waals surface area contributed by atoms with E-state index in [0.29, 0.717) is 25.2 Å². The highest BCUT2D eigenvalue weighted by Gasteiger charge is 2.16. The number of amides is 3. The Bertz CT molecular complexity index is 1020. The quantitative estimate of drug-likeness (QED) is 0.247. The van der Waals surface area contributed by atoms with Gasteiger partial charge < -0.3 is 30.9 Å². The fourth-order valence-electron chi connectivity index (χ4n) is 3.57. The number of carbonyl (C=O) groups is 3. The van der Waals surface area contributed by atoms with Crippen LogP contribution < -0.4 is 21.1 Å². The van der Waals surface area contributed by atoms with Gasteiger partial charge in [-0.25, -0.2) is 4.79 Å². The van der Waals surface area contributed by atoms with Crippen molar-refractivity contribution in [2.75, 3.05) is 13.7 Å². The monoisotopic (exact) mass is 513 g/mol. The lowest BCUT2D eigenvalue weighted by molar-refractivity contribution is -0.109. The lowest BCUT2D eigenvalue weighted by atomic mass is 9.90. The van der Waals surface area contributed by atoms with Crippen LogP contribution in [-0.4, -0.2) is 43.3 Å². The molecule has 9 heteroatoms. The molecule has 0 aliphatic carbocycles. The van der Waals surface area contributed by atoms with Gasteiger partial charge in [-0.3, -0.25) is 9.59 Å². The standard InChI is InChI=1S/C27H36N2O5.CH3NO/c1-27(2,3)34-26(32)29-18-21-9-7-11-23(16-21)22(14-15-28-19-30)10-6-5-8-20-12-13-25(33-4)24(31)17-20;2-1-3/h5,7-9,11-13,16-17,19,22,31H,6,10,14-15,18H2,1-4H3,(H,28,30)(H,29,32);1H,(H2,2,3)/b8-5+;. The van der Waals surface area contributed by atoms with Crippen LogP contribution in [0.1, 0.15) is 62.6 Å². The molecule has 0 spiro atoms. The number of methoxy groups -OCH3 is 1. The molecule has 0 heterocycles. The number of phenols is 1. The Labute approximate surface area is 219 Å². The second kappa shape index (κ2) is 16.6. The molecule has 0 aliphatic heterocycles. The lowest BCUT2D eigenvalue weighted by Gasteiger charge is -2.20. The van der Waals surface area contributed by atoms with Gasteiger partial charge >= 0.3 is 6.09 Å². The average molecular weight is 514 g/mol. The van der Waals surface area contributed by atoms with E-state index < -0.39 is 11.7 Å². The fourth-order valence-corrected chi connectivity index (χ4v) is 3.57. The summed E-state index contributed by atoms with van der Waals surface area (Å²) >= 11 is 0. The Morgan fingerprint density at radius 2 is 1.86 bits per heavy atom. The van der Waals surface area contributed by atoms with Gasteiger partial charge in [0.05, 0.1) is 7.11 Å². The zero-order chi connectivity index (χ0) is 27.7. The molecule has 2 aromatic carbocycles. The number of benzene rings is 2. The van der Waals surface area contributed by atoms with E-state index in [1.54, 1.807) is 12.1 Å². The van der Waals surface area contributed by atoms with E-state index in [4.69, 9.17) is 14.3 Å². The second-order valence-corrected chi connectivity index (χ2v) is 9.21. The van der Waals surface area contributed by atoms with E-state index in [1.165, 1.54) is 7.11 Å². The molecule has 0 aliphatic rings. The first-order valence-electron chi connectivity index (χ1n) is 12.0. The zero-order valence-electron chi connectivity index (χ0n) is 22.0. The van der Waals surface area contributed by atoms with Crippen LogP contribution in [0.15, 0.2) is 48.5 Å². The van der Waals surface area contributed by atoms with Crippen LogP contribution in [0.25, 0.3) is 6.08 Å². The number of phenolic OH excluding ortho intramolecular Hbond substituents is 1. The summed E-state index contributed by atoms with van der Waals surface area (Å²) in [6, 6.07) is 13.4. The minimum absolute atomic E-state index is 0.110.